The molecule has 0 spiro atoms. The van der Waals surface area contributed by atoms with Crippen LogP contribution in [0.25, 0.3) is 0 Å². The molecule has 0 aliphatic heterocycles. The largest absolute Gasteiger partial charge is 0.363 e. The third kappa shape index (κ3) is 2.87. The van der Waals surface area contributed by atoms with E-state index in [2.05, 4.69) is 15.0 Å². The molecule has 0 aliphatic carbocycles. The van der Waals surface area contributed by atoms with E-state index < -0.39 is 0 Å². The van der Waals surface area contributed by atoms with Crippen molar-refractivity contribution in [2.45, 2.75) is 13.3 Å². The van der Waals surface area contributed by atoms with Gasteiger partial charge in [-0.1, -0.05) is 12.1 Å². The summed E-state index contributed by atoms with van der Waals surface area (Å²) < 4.78 is 4.57. The first-order chi connectivity index (χ1) is 6.24. The fourth-order valence-electron chi connectivity index (χ4n) is 0.908. The van der Waals surface area contributed by atoms with Gasteiger partial charge >= 0.3 is 0 Å². The van der Waals surface area contributed by atoms with Crippen molar-refractivity contribution in [1.29, 1.82) is 0 Å². The molecule has 5 nitrogen and oxygen atoms in total. The quantitative estimate of drug-likeness (QED) is 0.716. The van der Waals surface area contributed by atoms with E-state index in [1.165, 1.54) is 6.26 Å². The van der Waals surface area contributed by atoms with Crippen molar-refractivity contribution >= 4 is 11.7 Å². The molecule has 0 aliphatic rings. The van der Waals surface area contributed by atoms with E-state index in [9.17, 15) is 4.79 Å². The number of hydrogen-bond acceptors (Lipinski definition) is 4. The number of hydrogen-bond donors (Lipinski definition) is 2. The topological polar surface area (TPSA) is 81.2 Å². The van der Waals surface area contributed by atoms with Crippen molar-refractivity contribution in [1.82, 2.24) is 5.16 Å². The Balaban J connectivity index is 2.41. The van der Waals surface area contributed by atoms with Crippen LogP contribution >= 0.6 is 0 Å². The SMILES string of the molecule is CC(CCN)C(=O)Nc1ccon1. The van der Waals surface area contributed by atoms with E-state index in [1.807, 2.05) is 6.92 Å². The first kappa shape index (κ1) is 9.73. The minimum Gasteiger partial charge on any atom is -0.363 e. The lowest BCUT2D eigenvalue weighted by molar-refractivity contribution is -0.119. The molecule has 3 N–H and O–H groups in total. The van der Waals surface area contributed by atoms with Crippen LogP contribution in [0.5, 0.6) is 0 Å². The van der Waals surface area contributed by atoms with Gasteiger partial charge in [0.05, 0.1) is 0 Å². The third-order valence-electron chi connectivity index (χ3n) is 1.74. The normalized spacial score (nSPS) is 12.5. The maximum atomic E-state index is 11.4. The molecule has 72 valence electrons. The summed E-state index contributed by atoms with van der Waals surface area (Å²) in [6, 6.07) is 1.59. The zero-order valence-corrected chi connectivity index (χ0v) is 7.49. The zero-order chi connectivity index (χ0) is 9.68. The summed E-state index contributed by atoms with van der Waals surface area (Å²) in [5, 5.41) is 6.17. The molecule has 1 heterocycles. The summed E-state index contributed by atoms with van der Waals surface area (Å²) in [6.45, 7) is 2.33. The minimum atomic E-state index is -0.0956. The highest BCUT2D eigenvalue weighted by molar-refractivity contribution is 5.91. The fourth-order valence-corrected chi connectivity index (χ4v) is 0.908. The summed E-state index contributed by atoms with van der Waals surface area (Å²) in [6.07, 6.45) is 2.08. The van der Waals surface area contributed by atoms with Crippen LogP contribution < -0.4 is 11.1 Å². The molecule has 0 bridgehead atoms. The van der Waals surface area contributed by atoms with E-state index in [-0.39, 0.29) is 11.8 Å². The first-order valence-corrected chi connectivity index (χ1v) is 4.15. The summed E-state index contributed by atoms with van der Waals surface area (Å²) in [4.78, 5) is 11.4. The standard InChI is InChI=1S/C8H13N3O2/c1-6(2-4-9)8(12)10-7-3-5-13-11-7/h3,5-6H,2,4,9H2,1H3,(H,10,11,12). The van der Waals surface area contributed by atoms with Gasteiger partial charge in [0.1, 0.15) is 6.26 Å². The molecule has 1 amide bonds. The number of carbonyl (C=O) groups is 1. The number of amides is 1. The molecule has 0 saturated heterocycles. The fraction of sp³-hybridized carbons (Fsp3) is 0.500. The number of nitrogens with two attached hydrogens (primary N) is 1. The molecule has 5 heteroatoms. The lowest BCUT2D eigenvalue weighted by Gasteiger charge is -2.07. The van der Waals surface area contributed by atoms with Gasteiger partial charge in [0, 0.05) is 12.0 Å². The van der Waals surface area contributed by atoms with Gasteiger partial charge in [-0.15, -0.1) is 0 Å². The molecular formula is C8H13N3O2. The highest BCUT2D eigenvalue weighted by Gasteiger charge is 2.12. The van der Waals surface area contributed by atoms with Gasteiger partial charge in [-0.3, -0.25) is 4.79 Å². The summed E-state index contributed by atoms with van der Waals surface area (Å²) in [7, 11) is 0. The van der Waals surface area contributed by atoms with Gasteiger partial charge in [0.15, 0.2) is 5.82 Å². The molecule has 1 aromatic heterocycles. The Morgan fingerprint density at radius 2 is 2.62 bits per heavy atom. The zero-order valence-electron chi connectivity index (χ0n) is 7.49. The smallest absolute Gasteiger partial charge is 0.228 e. The van der Waals surface area contributed by atoms with Crippen LogP contribution in [0.3, 0.4) is 0 Å². The van der Waals surface area contributed by atoms with Crippen LogP contribution in [0.15, 0.2) is 16.9 Å². The van der Waals surface area contributed by atoms with Crippen LogP contribution in [-0.4, -0.2) is 17.6 Å². The Morgan fingerprint density at radius 3 is 3.15 bits per heavy atom. The molecule has 13 heavy (non-hydrogen) atoms. The summed E-state index contributed by atoms with van der Waals surface area (Å²) in [5.74, 6) is 0.259. The van der Waals surface area contributed by atoms with Crippen molar-refractivity contribution in [2.75, 3.05) is 11.9 Å². The number of rotatable bonds is 4. The van der Waals surface area contributed by atoms with Gasteiger partial charge < -0.3 is 15.6 Å². The predicted octanol–water partition coefficient (Wildman–Crippen LogP) is 0.598. The number of nitrogens with zero attached hydrogens (tertiary/aromatic N) is 1. The molecule has 1 unspecified atom stereocenters. The van der Waals surface area contributed by atoms with Gasteiger partial charge in [0.25, 0.3) is 0 Å². The summed E-state index contributed by atoms with van der Waals surface area (Å²) in [5.41, 5.74) is 5.33. The van der Waals surface area contributed by atoms with Crippen LogP contribution in [0.4, 0.5) is 5.82 Å². The Kier molecular flexibility index (Phi) is 3.45. The minimum absolute atomic E-state index is 0.0839. The van der Waals surface area contributed by atoms with Gasteiger partial charge in [-0.25, -0.2) is 0 Å². The van der Waals surface area contributed by atoms with Crippen LogP contribution in [-0.2, 0) is 4.79 Å². The first-order valence-electron chi connectivity index (χ1n) is 4.15. The lowest BCUT2D eigenvalue weighted by atomic mass is 10.1. The van der Waals surface area contributed by atoms with E-state index >= 15 is 0 Å². The van der Waals surface area contributed by atoms with E-state index in [1.54, 1.807) is 6.07 Å². The average Bonchev–Trinajstić information content (AvgIpc) is 2.57. The van der Waals surface area contributed by atoms with Crippen LogP contribution in [0.1, 0.15) is 13.3 Å². The van der Waals surface area contributed by atoms with E-state index in [0.717, 1.165) is 0 Å². The molecule has 1 atom stereocenters. The highest BCUT2D eigenvalue weighted by atomic mass is 16.5. The van der Waals surface area contributed by atoms with Gasteiger partial charge in [0.2, 0.25) is 5.91 Å². The van der Waals surface area contributed by atoms with E-state index in [0.29, 0.717) is 18.8 Å². The number of aromatic nitrogens is 1. The van der Waals surface area contributed by atoms with Gasteiger partial charge in [-0.05, 0) is 13.0 Å². The molecule has 1 rings (SSSR count). The molecule has 1 aromatic rings. The molecule has 0 fully saturated rings. The predicted molar refractivity (Wildman–Crippen MR) is 48.0 cm³/mol. The summed E-state index contributed by atoms with van der Waals surface area (Å²) >= 11 is 0. The Morgan fingerprint density at radius 1 is 1.85 bits per heavy atom. The van der Waals surface area contributed by atoms with Crippen molar-refractivity contribution < 1.29 is 9.32 Å². The van der Waals surface area contributed by atoms with Crippen LogP contribution in [0, 0.1) is 5.92 Å². The van der Waals surface area contributed by atoms with Crippen molar-refractivity contribution in [3.63, 3.8) is 0 Å². The Bertz CT molecular complexity index is 258. The molecular weight excluding hydrogens is 170 g/mol. The van der Waals surface area contributed by atoms with Crippen molar-refractivity contribution in [3.8, 4) is 0 Å². The number of carbonyl (C=O) groups excluding carboxylic acids is 1. The van der Waals surface area contributed by atoms with Gasteiger partial charge in [-0.2, -0.15) is 0 Å². The second kappa shape index (κ2) is 4.61. The molecule has 0 saturated carbocycles. The van der Waals surface area contributed by atoms with Crippen molar-refractivity contribution in [2.24, 2.45) is 11.7 Å². The Labute approximate surface area is 76.3 Å². The molecule has 0 radical (unpaired) electrons. The third-order valence-corrected chi connectivity index (χ3v) is 1.74. The van der Waals surface area contributed by atoms with Crippen molar-refractivity contribution in [3.05, 3.63) is 12.3 Å². The highest BCUT2D eigenvalue weighted by Crippen LogP contribution is 2.06. The lowest BCUT2D eigenvalue weighted by Crippen LogP contribution is -2.22. The molecule has 0 aromatic carbocycles. The van der Waals surface area contributed by atoms with Crippen LogP contribution in [0.2, 0.25) is 0 Å². The Hall–Kier alpha value is -1.36. The average molecular weight is 183 g/mol. The van der Waals surface area contributed by atoms with E-state index in [4.69, 9.17) is 5.73 Å². The maximum absolute atomic E-state index is 11.4. The second-order valence-corrected chi connectivity index (χ2v) is 2.85. The maximum Gasteiger partial charge on any atom is 0.228 e. The number of anilines is 1. The monoisotopic (exact) mass is 183 g/mol. The second-order valence-electron chi connectivity index (χ2n) is 2.85. The number of nitrogens with one attached hydrogen (secondary N) is 1.